The summed E-state index contributed by atoms with van der Waals surface area (Å²) < 4.78 is 1.54. The fourth-order valence-corrected chi connectivity index (χ4v) is 2.93. The van der Waals surface area contributed by atoms with Gasteiger partial charge in [0, 0.05) is 18.3 Å². The third-order valence-electron chi connectivity index (χ3n) is 4.43. The zero-order valence-electron chi connectivity index (χ0n) is 16.4. The molecule has 0 aliphatic carbocycles. The molecule has 0 spiro atoms. The lowest BCUT2D eigenvalue weighted by molar-refractivity contribution is -0.129. The number of benzene rings is 1. The Morgan fingerprint density at radius 3 is 2.59 bits per heavy atom. The Hall–Kier alpha value is -3.55. The van der Waals surface area contributed by atoms with Crippen LogP contribution in [0.25, 0.3) is 5.82 Å². The highest BCUT2D eigenvalue weighted by atomic mass is 16.2. The van der Waals surface area contributed by atoms with E-state index in [4.69, 9.17) is 0 Å². The summed E-state index contributed by atoms with van der Waals surface area (Å²) in [4.78, 5) is 33.4. The number of carbonyl (C=O) groups excluding carboxylic acids is 2. The van der Waals surface area contributed by atoms with E-state index in [9.17, 15) is 9.59 Å². The number of hydrogen-bond acceptors (Lipinski definition) is 5. The van der Waals surface area contributed by atoms with Crippen LogP contribution in [-0.2, 0) is 22.6 Å². The van der Waals surface area contributed by atoms with E-state index in [1.165, 1.54) is 6.33 Å². The molecule has 0 bridgehead atoms. The highest BCUT2D eigenvalue weighted by Gasteiger charge is 2.24. The molecule has 3 aromatic rings. The van der Waals surface area contributed by atoms with E-state index in [0.29, 0.717) is 5.82 Å². The summed E-state index contributed by atoms with van der Waals surface area (Å²) in [5.74, 6) is 0.113. The molecule has 0 radical (unpaired) electrons. The fraction of sp³-hybridized carbons (Fsp3) is 0.286. The molecule has 1 atom stereocenters. The van der Waals surface area contributed by atoms with Gasteiger partial charge in [-0.25, -0.2) is 14.6 Å². The predicted molar refractivity (Wildman–Crippen MR) is 108 cm³/mol. The minimum absolute atomic E-state index is 0.0570. The average Bonchev–Trinajstić information content (AvgIpc) is 3.25. The second-order valence-electron chi connectivity index (χ2n) is 7.00. The van der Waals surface area contributed by atoms with Gasteiger partial charge in [-0.3, -0.25) is 9.59 Å². The molecule has 2 N–H and O–H groups in total. The highest BCUT2D eigenvalue weighted by molar-refractivity contribution is 5.88. The van der Waals surface area contributed by atoms with E-state index in [-0.39, 0.29) is 30.7 Å². The van der Waals surface area contributed by atoms with E-state index >= 15 is 0 Å². The second-order valence-corrected chi connectivity index (χ2v) is 7.00. The van der Waals surface area contributed by atoms with Crippen LogP contribution in [0.15, 0.2) is 61.3 Å². The van der Waals surface area contributed by atoms with Crippen LogP contribution in [0.3, 0.4) is 0 Å². The van der Waals surface area contributed by atoms with Gasteiger partial charge in [0.2, 0.25) is 11.8 Å². The van der Waals surface area contributed by atoms with Gasteiger partial charge >= 0.3 is 0 Å². The Labute approximate surface area is 169 Å². The van der Waals surface area contributed by atoms with Crippen LogP contribution < -0.4 is 10.6 Å². The molecule has 0 saturated heterocycles. The molecule has 0 saturated carbocycles. The molecule has 2 aromatic heterocycles. The first kappa shape index (κ1) is 20.2. The molecule has 8 nitrogen and oxygen atoms in total. The average molecular weight is 392 g/mol. The first-order valence-corrected chi connectivity index (χ1v) is 9.44. The van der Waals surface area contributed by atoms with Crippen molar-refractivity contribution in [3.8, 4) is 5.82 Å². The lowest BCUT2D eigenvalue weighted by Crippen LogP contribution is -2.50. The molecular weight excluding hydrogens is 368 g/mol. The van der Waals surface area contributed by atoms with E-state index in [0.717, 1.165) is 11.1 Å². The summed E-state index contributed by atoms with van der Waals surface area (Å²) in [7, 11) is 0. The maximum Gasteiger partial charge on any atom is 0.243 e. The van der Waals surface area contributed by atoms with Crippen LogP contribution in [0, 0.1) is 5.92 Å². The van der Waals surface area contributed by atoms with Crippen molar-refractivity contribution in [1.29, 1.82) is 0 Å². The summed E-state index contributed by atoms with van der Waals surface area (Å²) in [5, 5.41) is 9.84. The Morgan fingerprint density at radius 2 is 1.90 bits per heavy atom. The highest BCUT2D eigenvalue weighted by Crippen LogP contribution is 2.10. The van der Waals surface area contributed by atoms with Crippen LogP contribution >= 0.6 is 0 Å². The Morgan fingerprint density at radius 1 is 1.10 bits per heavy atom. The quantitative estimate of drug-likeness (QED) is 0.607. The van der Waals surface area contributed by atoms with Gasteiger partial charge in [0.1, 0.15) is 18.7 Å². The predicted octanol–water partition coefficient (Wildman–Crippen LogP) is 1.66. The lowest BCUT2D eigenvalue weighted by atomic mass is 10.0. The molecule has 2 heterocycles. The molecule has 0 aliphatic heterocycles. The fourth-order valence-electron chi connectivity index (χ4n) is 2.93. The first-order valence-electron chi connectivity index (χ1n) is 9.44. The van der Waals surface area contributed by atoms with Crippen molar-refractivity contribution in [3.05, 3.63) is 72.4 Å². The van der Waals surface area contributed by atoms with Crippen molar-refractivity contribution >= 4 is 11.8 Å². The van der Waals surface area contributed by atoms with Gasteiger partial charge in [-0.15, -0.1) is 0 Å². The van der Waals surface area contributed by atoms with Crippen LogP contribution in [0.5, 0.6) is 0 Å². The molecule has 0 aliphatic rings. The molecule has 0 fully saturated rings. The molecule has 29 heavy (non-hydrogen) atoms. The Kier molecular flexibility index (Phi) is 6.67. The van der Waals surface area contributed by atoms with Gasteiger partial charge in [0.15, 0.2) is 5.82 Å². The normalized spacial score (nSPS) is 11.8. The molecule has 1 unspecified atom stereocenters. The number of pyridine rings is 1. The number of aromatic nitrogens is 4. The topological polar surface area (TPSA) is 102 Å². The molecular formula is C21H24N6O2. The van der Waals surface area contributed by atoms with Crippen molar-refractivity contribution in [2.24, 2.45) is 5.92 Å². The molecule has 150 valence electrons. The van der Waals surface area contributed by atoms with Crippen molar-refractivity contribution < 1.29 is 9.59 Å². The van der Waals surface area contributed by atoms with Crippen molar-refractivity contribution in [1.82, 2.24) is 30.4 Å². The van der Waals surface area contributed by atoms with E-state index in [1.807, 2.05) is 50.2 Å². The van der Waals surface area contributed by atoms with Gasteiger partial charge in [-0.2, -0.15) is 5.10 Å². The van der Waals surface area contributed by atoms with Crippen LogP contribution in [0.2, 0.25) is 0 Å². The largest absolute Gasteiger partial charge is 0.350 e. The third-order valence-corrected chi connectivity index (χ3v) is 4.43. The number of rotatable bonds is 8. The Bertz CT molecular complexity index is 941. The summed E-state index contributed by atoms with van der Waals surface area (Å²) >= 11 is 0. The monoisotopic (exact) mass is 392 g/mol. The molecule has 1 aromatic carbocycles. The van der Waals surface area contributed by atoms with Crippen molar-refractivity contribution in [3.63, 3.8) is 0 Å². The minimum atomic E-state index is -0.627. The zero-order valence-corrected chi connectivity index (χ0v) is 16.4. The van der Waals surface area contributed by atoms with E-state index < -0.39 is 6.04 Å². The number of nitrogens with zero attached hydrogens (tertiary/aromatic N) is 4. The summed E-state index contributed by atoms with van der Waals surface area (Å²) in [5.41, 5.74) is 1.70. The summed E-state index contributed by atoms with van der Waals surface area (Å²) in [6, 6.07) is 12.5. The zero-order chi connectivity index (χ0) is 20.6. The van der Waals surface area contributed by atoms with Crippen LogP contribution in [0.1, 0.15) is 25.0 Å². The smallest absolute Gasteiger partial charge is 0.243 e. The molecule has 2 amide bonds. The van der Waals surface area contributed by atoms with Crippen molar-refractivity contribution in [2.75, 3.05) is 0 Å². The lowest BCUT2D eigenvalue weighted by Gasteiger charge is -2.22. The van der Waals surface area contributed by atoms with E-state index in [2.05, 4.69) is 25.7 Å². The number of carbonyl (C=O) groups is 2. The number of hydrogen-bond donors (Lipinski definition) is 2. The van der Waals surface area contributed by atoms with E-state index in [1.54, 1.807) is 23.3 Å². The maximum absolute atomic E-state index is 12.8. The number of amides is 2. The van der Waals surface area contributed by atoms with Gasteiger partial charge in [-0.05, 0) is 17.5 Å². The number of nitrogens with one attached hydrogen (secondary N) is 2. The summed E-state index contributed by atoms with van der Waals surface area (Å²) in [6.07, 6.45) is 4.86. The SMILES string of the molecule is CC(C)C(NC(=O)Cc1ccccc1)C(=O)NCc1cccnc1-n1cncn1. The van der Waals surface area contributed by atoms with Gasteiger partial charge in [0.25, 0.3) is 0 Å². The maximum atomic E-state index is 12.8. The van der Waals surface area contributed by atoms with Gasteiger partial charge in [-0.1, -0.05) is 50.2 Å². The first-order chi connectivity index (χ1) is 14.0. The van der Waals surface area contributed by atoms with Crippen LogP contribution in [0.4, 0.5) is 0 Å². The second kappa shape index (κ2) is 9.59. The Balaban J connectivity index is 1.63. The van der Waals surface area contributed by atoms with Crippen molar-refractivity contribution in [2.45, 2.75) is 32.9 Å². The molecule has 8 heteroatoms. The standard InChI is InChI=1S/C21H24N6O2/c1-15(2)19(26-18(28)11-16-7-4-3-5-8-16)21(29)24-12-17-9-6-10-23-20(17)27-14-22-13-25-27/h3-10,13-15,19H,11-12H2,1-2H3,(H,24,29)(H,26,28). The van der Waals surface area contributed by atoms with Gasteiger partial charge in [0.05, 0.1) is 6.42 Å². The summed E-state index contributed by atoms with van der Waals surface area (Å²) in [6.45, 7) is 4.07. The van der Waals surface area contributed by atoms with Crippen LogP contribution in [-0.4, -0.2) is 37.6 Å². The third kappa shape index (κ3) is 5.47. The minimum Gasteiger partial charge on any atom is -0.350 e. The molecule has 3 rings (SSSR count). The van der Waals surface area contributed by atoms with Gasteiger partial charge < -0.3 is 10.6 Å².